The molecule has 0 aliphatic heterocycles. The summed E-state index contributed by atoms with van der Waals surface area (Å²) in [6, 6.07) is 7.53. The monoisotopic (exact) mass is 467 g/mol. The highest BCUT2D eigenvalue weighted by Crippen LogP contribution is 2.47. The summed E-state index contributed by atoms with van der Waals surface area (Å²) < 4.78 is 32.5. The Morgan fingerprint density at radius 1 is 1.33 bits per heavy atom. The summed E-state index contributed by atoms with van der Waals surface area (Å²) in [7, 11) is -3.62. The van der Waals surface area contributed by atoms with Crippen LogP contribution in [0.1, 0.15) is 53.9 Å². The molecule has 9 nitrogen and oxygen atoms in total. The third-order valence-electron chi connectivity index (χ3n) is 5.82. The van der Waals surface area contributed by atoms with Gasteiger partial charge in [-0.1, -0.05) is 13.0 Å². The van der Waals surface area contributed by atoms with E-state index in [1.807, 2.05) is 6.92 Å². The lowest BCUT2D eigenvalue weighted by molar-refractivity contribution is 0.0524. The third-order valence-corrected chi connectivity index (χ3v) is 7.60. The second-order valence-electron chi connectivity index (χ2n) is 8.10. The fourth-order valence-electron chi connectivity index (χ4n) is 3.76. The van der Waals surface area contributed by atoms with Crippen LogP contribution in [0.4, 0.5) is 5.82 Å². The number of aryl methyl sites for hydroxylation is 1. The fourth-order valence-corrected chi connectivity index (χ4v) is 4.93. The predicted octanol–water partition coefficient (Wildman–Crippen LogP) is 3.18. The van der Waals surface area contributed by atoms with Gasteiger partial charge in [0.05, 0.1) is 47.2 Å². The van der Waals surface area contributed by atoms with Crippen LogP contribution < -0.4 is 5.32 Å². The van der Waals surface area contributed by atoms with E-state index in [0.717, 1.165) is 24.0 Å². The first-order chi connectivity index (χ1) is 15.7. The van der Waals surface area contributed by atoms with Crippen LogP contribution in [-0.2, 0) is 26.5 Å². The van der Waals surface area contributed by atoms with Gasteiger partial charge in [-0.2, -0.15) is 5.26 Å². The summed E-state index contributed by atoms with van der Waals surface area (Å²) in [4.78, 5) is 16.8. The second-order valence-corrected chi connectivity index (χ2v) is 10.3. The van der Waals surface area contributed by atoms with Crippen LogP contribution >= 0.6 is 0 Å². The van der Waals surface area contributed by atoms with Gasteiger partial charge in [0.15, 0.2) is 15.7 Å². The Morgan fingerprint density at radius 2 is 2.09 bits per heavy atom. The fraction of sp³-hybridized carbons (Fsp3) is 0.391. The van der Waals surface area contributed by atoms with Crippen molar-refractivity contribution in [2.24, 2.45) is 0 Å². The largest absolute Gasteiger partial charge is 0.462 e. The Hall–Kier alpha value is -3.45. The number of pyridine rings is 2. The number of nitrogens with one attached hydrogen (secondary N) is 1. The van der Waals surface area contributed by atoms with Gasteiger partial charge in [-0.3, -0.25) is 4.98 Å². The number of hydrogen-bond acceptors (Lipinski definition) is 8. The lowest BCUT2D eigenvalue weighted by Crippen LogP contribution is -2.14. The molecule has 0 saturated heterocycles. The summed E-state index contributed by atoms with van der Waals surface area (Å²) in [6.45, 7) is 5.44. The van der Waals surface area contributed by atoms with Crippen LogP contribution in [0.3, 0.4) is 0 Å². The molecule has 172 valence electrons. The molecule has 1 aliphatic rings. The number of hydrogen-bond donors (Lipinski definition) is 1. The molecule has 1 N–H and O–H groups in total. The highest BCUT2D eigenvalue weighted by atomic mass is 32.2. The van der Waals surface area contributed by atoms with Crippen molar-refractivity contribution < 1.29 is 17.9 Å². The van der Waals surface area contributed by atoms with Crippen LogP contribution in [-0.4, -0.2) is 41.3 Å². The lowest BCUT2D eigenvalue weighted by atomic mass is 10.00. The van der Waals surface area contributed by atoms with E-state index in [0.29, 0.717) is 16.8 Å². The van der Waals surface area contributed by atoms with Gasteiger partial charge in [0.25, 0.3) is 0 Å². The zero-order valence-electron chi connectivity index (χ0n) is 18.8. The summed E-state index contributed by atoms with van der Waals surface area (Å²) in [6.07, 6.45) is 4.91. The van der Waals surface area contributed by atoms with Gasteiger partial charge >= 0.3 is 5.97 Å². The van der Waals surface area contributed by atoms with Crippen LogP contribution in [0, 0.1) is 18.3 Å². The van der Waals surface area contributed by atoms with E-state index in [1.165, 1.54) is 4.52 Å². The van der Waals surface area contributed by atoms with Gasteiger partial charge in [0.2, 0.25) is 0 Å². The average molecular weight is 468 g/mol. The lowest BCUT2D eigenvalue weighted by Gasteiger charge is -2.10. The molecule has 0 radical (unpaired) electrons. The van der Waals surface area contributed by atoms with Crippen LogP contribution in [0.2, 0.25) is 0 Å². The Bertz CT molecular complexity index is 1380. The van der Waals surface area contributed by atoms with Gasteiger partial charge in [-0.25, -0.2) is 17.7 Å². The van der Waals surface area contributed by atoms with Crippen molar-refractivity contribution in [1.82, 2.24) is 14.6 Å². The maximum atomic E-state index is 12.9. The maximum absolute atomic E-state index is 12.9. The highest BCUT2D eigenvalue weighted by molar-refractivity contribution is 7.91. The predicted molar refractivity (Wildman–Crippen MR) is 122 cm³/mol. The first-order valence-electron chi connectivity index (χ1n) is 10.8. The zero-order chi connectivity index (χ0) is 23.8. The number of rotatable bonds is 8. The molecule has 10 heteroatoms. The van der Waals surface area contributed by atoms with E-state index in [-0.39, 0.29) is 29.6 Å². The van der Waals surface area contributed by atoms with E-state index in [2.05, 4.69) is 21.5 Å². The van der Waals surface area contributed by atoms with Crippen molar-refractivity contribution in [3.8, 4) is 6.07 Å². The average Bonchev–Trinajstić information content (AvgIpc) is 3.51. The zero-order valence-corrected chi connectivity index (χ0v) is 19.6. The molecule has 1 fully saturated rings. The summed E-state index contributed by atoms with van der Waals surface area (Å²) in [5.41, 5.74) is 2.29. The molecular weight excluding hydrogens is 442 g/mol. The van der Waals surface area contributed by atoms with E-state index < -0.39 is 21.2 Å². The van der Waals surface area contributed by atoms with E-state index in [4.69, 9.17) is 4.74 Å². The van der Waals surface area contributed by atoms with Gasteiger partial charge in [-0.15, -0.1) is 5.10 Å². The molecule has 4 rings (SSSR count). The van der Waals surface area contributed by atoms with E-state index in [9.17, 15) is 18.5 Å². The topological polar surface area (TPSA) is 126 Å². The summed E-state index contributed by atoms with van der Waals surface area (Å²) >= 11 is 0. The number of esters is 1. The summed E-state index contributed by atoms with van der Waals surface area (Å²) in [5.74, 6) is -0.408. The van der Waals surface area contributed by atoms with Crippen LogP contribution in [0.25, 0.3) is 5.52 Å². The molecule has 1 saturated carbocycles. The number of nitrogens with zero attached hydrogens (tertiary/aromatic N) is 4. The smallest absolute Gasteiger partial charge is 0.340 e. The number of carbonyl (C=O) groups excluding carboxylic acids is 1. The third kappa shape index (κ3) is 4.16. The minimum absolute atomic E-state index is 0.0829. The van der Waals surface area contributed by atoms with Crippen molar-refractivity contribution >= 4 is 27.1 Å². The molecule has 0 atom stereocenters. The maximum Gasteiger partial charge on any atom is 0.340 e. The molecule has 3 aromatic rings. The van der Waals surface area contributed by atoms with E-state index >= 15 is 0 Å². The van der Waals surface area contributed by atoms with Crippen LogP contribution in [0.15, 0.2) is 35.5 Å². The quantitative estimate of drug-likeness (QED) is 0.501. The molecule has 3 aromatic heterocycles. The molecule has 0 amide bonds. The Labute approximate surface area is 192 Å². The van der Waals surface area contributed by atoms with Crippen molar-refractivity contribution in [3.63, 3.8) is 0 Å². The molecule has 0 spiro atoms. The minimum Gasteiger partial charge on any atom is -0.462 e. The summed E-state index contributed by atoms with van der Waals surface area (Å²) in [5, 5.41) is 17.1. The van der Waals surface area contributed by atoms with Gasteiger partial charge < -0.3 is 10.1 Å². The Balaban J connectivity index is 1.74. The number of fused-ring (bicyclic) bond motifs is 1. The van der Waals surface area contributed by atoms with Gasteiger partial charge in [0, 0.05) is 12.4 Å². The van der Waals surface area contributed by atoms with Gasteiger partial charge in [-0.05, 0) is 49.9 Å². The highest BCUT2D eigenvalue weighted by Gasteiger charge is 2.45. The van der Waals surface area contributed by atoms with Crippen molar-refractivity contribution in [2.45, 2.75) is 50.5 Å². The van der Waals surface area contributed by atoms with Crippen molar-refractivity contribution in [2.75, 3.05) is 17.7 Å². The number of anilines is 1. The Morgan fingerprint density at radius 3 is 2.73 bits per heavy atom. The molecule has 0 aromatic carbocycles. The normalized spacial score (nSPS) is 14.6. The first-order valence-corrected chi connectivity index (χ1v) is 12.4. The number of ether oxygens (including phenoxy) is 1. The Kier molecular flexibility index (Phi) is 5.84. The standard InChI is InChI=1S/C23H25N5O4S/c1-4-32-22(29)17-10-15(3)11-25-18(17)12-26-21-20(33(30,31)5-2)19-7-6-16(13-28(19)27-21)23(14-24)8-9-23/h6-7,10-11,13H,4-5,8-9,12H2,1-3H3,(H,26,27). The molecule has 0 unspecified atom stereocenters. The molecule has 0 bridgehead atoms. The SMILES string of the molecule is CCOC(=O)c1cc(C)cnc1CNc1nn2cc(C3(C#N)CC3)ccc2c1S(=O)(=O)CC. The number of carbonyl (C=O) groups is 1. The van der Waals surface area contributed by atoms with Gasteiger partial charge in [0.1, 0.15) is 4.90 Å². The second kappa shape index (κ2) is 8.48. The van der Waals surface area contributed by atoms with E-state index in [1.54, 1.807) is 44.4 Å². The molecule has 3 heterocycles. The number of aromatic nitrogens is 3. The van der Waals surface area contributed by atoms with Crippen LogP contribution in [0.5, 0.6) is 0 Å². The van der Waals surface area contributed by atoms with Crippen molar-refractivity contribution in [3.05, 3.63) is 53.0 Å². The van der Waals surface area contributed by atoms with Crippen molar-refractivity contribution in [1.29, 1.82) is 5.26 Å². The minimum atomic E-state index is -3.62. The molecule has 33 heavy (non-hydrogen) atoms. The number of sulfone groups is 1. The molecule has 1 aliphatic carbocycles. The molecular formula is C23H25N5O4S. The first kappa shape index (κ1) is 22.7. The number of nitriles is 1.